The standard InChI is InChI=1S/C19H26F4O/c1-3-4-14-5-8-16(9-6-14)13(2)11-15-7-10-18(17(20)12-15)24-19(21,22)23/h7,10,12-14,16H,3-6,8-9,11H2,1-2H3. The van der Waals surface area contributed by atoms with Crippen LogP contribution in [0.4, 0.5) is 17.6 Å². The van der Waals surface area contributed by atoms with Crippen LogP contribution in [0.5, 0.6) is 5.75 Å². The molecule has 24 heavy (non-hydrogen) atoms. The maximum Gasteiger partial charge on any atom is 0.573 e. The molecule has 0 saturated heterocycles. The minimum atomic E-state index is -4.87. The Hall–Kier alpha value is -1.26. The van der Waals surface area contributed by atoms with E-state index < -0.39 is 17.9 Å². The van der Waals surface area contributed by atoms with Gasteiger partial charge in [0.25, 0.3) is 0 Å². The summed E-state index contributed by atoms with van der Waals surface area (Å²) in [5, 5.41) is 0. The van der Waals surface area contributed by atoms with Gasteiger partial charge in [0.15, 0.2) is 11.6 Å². The average Bonchev–Trinajstić information content (AvgIpc) is 2.50. The van der Waals surface area contributed by atoms with E-state index in [1.807, 2.05) is 0 Å². The van der Waals surface area contributed by atoms with Gasteiger partial charge in [-0.25, -0.2) is 4.39 Å². The monoisotopic (exact) mass is 346 g/mol. The summed E-state index contributed by atoms with van der Waals surface area (Å²) in [5.74, 6) is 0.144. The molecule has 1 unspecified atom stereocenters. The second-order valence-corrected chi connectivity index (χ2v) is 7.06. The first-order valence-electron chi connectivity index (χ1n) is 8.82. The summed E-state index contributed by atoms with van der Waals surface area (Å²) < 4.78 is 54.0. The lowest BCUT2D eigenvalue weighted by Gasteiger charge is -2.32. The lowest BCUT2D eigenvalue weighted by atomic mass is 9.74. The average molecular weight is 346 g/mol. The van der Waals surface area contributed by atoms with Crippen LogP contribution in [0, 0.1) is 23.6 Å². The lowest BCUT2D eigenvalue weighted by molar-refractivity contribution is -0.275. The van der Waals surface area contributed by atoms with E-state index in [9.17, 15) is 17.6 Å². The van der Waals surface area contributed by atoms with Crippen LogP contribution >= 0.6 is 0 Å². The van der Waals surface area contributed by atoms with E-state index in [0.29, 0.717) is 18.3 Å². The Morgan fingerprint density at radius 2 is 1.83 bits per heavy atom. The summed E-state index contributed by atoms with van der Waals surface area (Å²) in [6.45, 7) is 4.37. The number of hydrogen-bond acceptors (Lipinski definition) is 1. The minimum Gasteiger partial charge on any atom is -0.403 e. The molecule has 1 fully saturated rings. The maximum atomic E-state index is 13.8. The van der Waals surface area contributed by atoms with Gasteiger partial charge in [-0.3, -0.25) is 0 Å². The minimum absolute atomic E-state index is 0.404. The molecular weight excluding hydrogens is 320 g/mol. The number of ether oxygens (including phenoxy) is 1. The van der Waals surface area contributed by atoms with Crippen LogP contribution in [-0.2, 0) is 6.42 Å². The van der Waals surface area contributed by atoms with Crippen molar-refractivity contribution in [2.75, 3.05) is 0 Å². The van der Waals surface area contributed by atoms with Crippen LogP contribution in [0.15, 0.2) is 18.2 Å². The first-order chi connectivity index (χ1) is 11.3. The van der Waals surface area contributed by atoms with Crippen molar-refractivity contribution < 1.29 is 22.3 Å². The molecule has 1 saturated carbocycles. The Morgan fingerprint density at radius 1 is 1.17 bits per heavy atom. The van der Waals surface area contributed by atoms with Crippen LogP contribution < -0.4 is 4.74 Å². The summed E-state index contributed by atoms with van der Waals surface area (Å²) >= 11 is 0. The molecule has 0 spiro atoms. The number of benzene rings is 1. The molecule has 136 valence electrons. The van der Waals surface area contributed by atoms with Crippen LogP contribution in [-0.4, -0.2) is 6.36 Å². The van der Waals surface area contributed by atoms with Gasteiger partial charge in [-0.1, -0.05) is 45.6 Å². The van der Waals surface area contributed by atoms with Crippen molar-refractivity contribution in [2.45, 2.75) is 65.2 Å². The van der Waals surface area contributed by atoms with Crippen LogP contribution in [0.3, 0.4) is 0 Å². The van der Waals surface area contributed by atoms with Gasteiger partial charge in [-0.05, 0) is 54.7 Å². The number of hydrogen-bond donors (Lipinski definition) is 0. The fourth-order valence-electron chi connectivity index (χ4n) is 3.87. The van der Waals surface area contributed by atoms with Gasteiger partial charge in [0.05, 0.1) is 0 Å². The van der Waals surface area contributed by atoms with Crippen molar-refractivity contribution in [3.05, 3.63) is 29.6 Å². The third-order valence-electron chi connectivity index (χ3n) is 5.17. The van der Waals surface area contributed by atoms with E-state index in [-0.39, 0.29) is 0 Å². The number of alkyl halides is 3. The van der Waals surface area contributed by atoms with E-state index in [2.05, 4.69) is 18.6 Å². The van der Waals surface area contributed by atoms with Gasteiger partial charge in [0.2, 0.25) is 0 Å². The first-order valence-corrected chi connectivity index (χ1v) is 8.82. The topological polar surface area (TPSA) is 9.23 Å². The first kappa shape index (κ1) is 19.1. The van der Waals surface area contributed by atoms with Gasteiger partial charge in [-0.15, -0.1) is 13.2 Å². The molecule has 1 atom stereocenters. The molecule has 0 radical (unpaired) electrons. The van der Waals surface area contributed by atoms with Crippen molar-refractivity contribution in [1.82, 2.24) is 0 Å². The van der Waals surface area contributed by atoms with Crippen LogP contribution in [0.25, 0.3) is 0 Å². The smallest absolute Gasteiger partial charge is 0.403 e. The molecule has 0 bridgehead atoms. The second-order valence-electron chi connectivity index (χ2n) is 7.06. The van der Waals surface area contributed by atoms with Crippen molar-refractivity contribution in [3.63, 3.8) is 0 Å². The normalized spacial score (nSPS) is 23.1. The van der Waals surface area contributed by atoms with Crippen LogP contribution in [0.2, 0.25) is 0 Å². The predicted molar refractivity (Wildman–Crippen MR) is 86.3 cm³/mol. The van der Waals surface area contributed by atoms with Gasteiger partial charge >= 0.3 is 6.36 Å². The molecule has 2 rings (SSSR count). The third-order valence-corrected chi connectivity index (χ3v) is 5.17. The molecule has 1 nitrogen and oxygen atoms in total. The molecule has 1 aromatic rings. The zero-order valence-electron chi connectivity index (χ0n) is 14.3. The van der Waals surface area contributed by atoms with Gasteiger partial charge in [0.1, 0.15) is 0 Å². The summed E-state index contributed by atoms with van der Waals surface area (Å²) in [7, 11) is 0. The highest BCUT2D eigenvalue weighted by molar-refractivity contribution is 5.29. The summed E-state index contributed by atoms with van der Waals surface area (Å²) in [6, 6.07) is 3.77. The Labute approximate surface area is 141 Å². The molecular formula is C19H26F4O. The highest BCUT2D eigenvalue weighted by Gasteiger charge is 2.32. The van der Waals surface area contributed by atoms with Crippen LogP contribution in [0.1, 0.15) is 57.9 Å². The predicted octanol–water partition coefficient (Wildman–Crippen LogP) is 6.51. The molecule has 1 aliphatic rings. The molecule has 0 amide bonds. The summed E-state index contributed by atoms with van der Waals surface area (Å²) in [5.41, 5.74) is 0.727. The Bertz CT molecular complexity index is 519. The molecule has 5 heteroatoms. The van der Waals surface area contributed by atoms with E-state index in [0.717, 1.165) is 17.5 Å². The fraction of sp³-hybridized carbons (Fsp3) is 0.684. The Morgan fingerprint density at radius 3 is 2.38 bits per heavy atom. The van der Waals surface area contributed by atoms with Gasteiger partial charge in [-0.2, -0.15) is 0 Å². The molecule has 0 aliphatic heterocycles. The van der Waals surface area contributed by atoms with E-state index >= 15 is 0 Å². The summed E-state index contributed by atoms with van der Waals surface area (Å²) in [4.78, 5) is 0. The van der Waals surface area contributed by atoms with Gasteiger partial charge in [0, 0.05) is 0 Å². The van der Waals surface area contributed by atoms with Crippen molar-refractivity contribution >= 4 is 0 Å². The van der Waals surface area contributed by atoms with E-state index in [1.165, 1.54) is 50.7 Å². The highest BCUT2D eigenvalue weighted by atomic mass is 19.4. The zero-order chi connectivity index (χ0) is 17.7. The second kappa shape index (κ2) is 8.21. The zero-order valence-corrected chi connectivity index (χ0v) is 14.3. The number of halogens is 4. The summed E-state index contributed by atoms with van der Waals surface area (Å²) in [6.07, 6.45) is 3.26. The Kier molecular flexibility index (Phi) is 6.53. The molecule has 1 aromatic carbocycles. The van der Waals surface area contributed by atoms with E-state index in [4.69, 9.17) is 0 Å². The van der Waals surface area contributed by atoms with E-state index in [1.54, 1.807) is 0 Å². The van der Waals surface area contributed by atoms with Gasteiger partial charge < -0.3 is 4.74 Å². The number of rotatable bonds is 6. The van der Waals surface area contributed by atoms with Crippen molar-refractivity contribution in [2.24, 2.45) is 17.8 Å². The lowest BCUT2D eigenvalue weighted by Crippen LogP contribution is -2.21. The maximum absolute atomic E-state index is 13.8. The Balaban J connectivity index is 1.90. The SMILES string of the molecule is CCCC1CCC(C(C)Cc2ccc(OC(F)(F)F)c(F)c2)CC1. The molecule has 0 N–H and O–H groups in total. The molecule has 1 aliphatic carbocycles. The fourth-order valence-corrected chi connectivity index (χ4v) is 3.87. The van der Waals surface area contributed by atoms with Crippen molar-refractivity contribution in [1.29, 1.82) is 0 Å². The quantitative estimate of drug-likeness (QED) is 0.534. The largest absolute Gasteiger partial charge is 0.573 e. The molecule has 0 aromatic heterocycles. The van der Waals surface area contributed by atoms with Crippen molar-refractivity contribution in [3.8, 4) is 5.75 Å². The highest BCUT2D eigenvalue weighted by Crippen LogP contribution is 2.37. The molecule has 0 heterocycles. The third kappa shape index (κ3) is 5.67.